The van der Waals surface area contributed by atoms with Crippen LogP contribution in [-0.4, -0.2) is 16.5 Å². The smallest absolute Gasteiger partial charge is 0.131 e. The summed E-state index contributed by atoms with van der Waals surface area (Å²) in [7, 11) is 0. The third-order valence-electron chi connectivity index (χ3n) is 3.85. The number of aromatic nitrogens is 2. The second kappa shape index (κ2) is 5.58. The molecule has 106 valence electrons. The Hall–Kier alpha value is -0.960. The zero-order valence-corrected chi connectivity index (χ0v) is 13.0. The van der Waals surface area contributed by atoms with Gasteiger partial charge in [-0.2, -0.15) is 0 Å². The first-order valence-electron chi connectivity index (χ1n) is 7.52. The summed E-state index contributed by atoms with van der Waals surface area (Å²) < 4.78 is 0. The summed E-state index contributed by atoms with van der Waals surface area (Å²) in [5.74, 6) is 1.38. The van der Waals surface area contributed by atoms with E-state index in [4.69, 9.17) is 4.98 Å². The first-order valence-corrected chi connectivity index (χ1v) is 7.52. The molecule has 0 bridgehead atoms. The monoisotopic (exact) mass is 261 g/mol. The maximum atomic E-state index is 4.82. The number of hydrogen-bond donors (Lipinski definition) is 1. The molecule has 2 rings (SSSR count). The lowest BCUT2D eigenvalue weighted by atomic mass is 9.74. The van der Waals surface area contributed by atoms with Crippen LogP contribution in [0.3, 0.4) is 0 Å². The highest BCUT2D eigenvalue weighted by molar-refractivity contribution is 5.27. The number of nitrogens with one attached hydrogen (secondary N) is 1. The van der Waals surface area contributed by atoms with Gasteiger partial charge in [-0.3, -0.25) is 0 Å². The highest BCUT2D eigenvalue weighted by atomic mass is 15.0. The van der Waals surface area contributed by atoms with Crippen molar-refractivity contribution in [2.24, 2.45) is 5.41 Å². The predicted octanol–water partition coefficient (Wildman–Crippen LogP) is 3.61. The van der Waals surface area contributed by atoms with Crippen molar-refractivity contribution in [3.63, 3.8) is 0 Å². The fourth-order valence-electron chi connectivity index (χ4n) is 2.84. The highest BCUT2D eigenvalue weighted by Crippen LogP contribution is 2.39. The molecular weight excluding hydrogens is 234 g/mol. The standard InChI is InChI=1S/C16H27N3/c1-6-7-17-13-8-16(4,5)9-14-12(13)10-18-15(19-14)11(2)3/h10-11,13,17H,6-9H2,1-5H3. The third-order valence-corrected chi connectivity index (χ3v) is 3.85. The highest BCUT2D eigenvalue weighted by Gasteiger charge is 2.33. The van der Waals surface area contributed by atoms with Crippen molar-refractivity contribution in [2.45, 2.75) is 65.8 Å². The molecule has 1 atom stereocenters. The van der Waals surface area contributed by atoms with Gasteiger partial charge < -0.3 is 5.32 Å². The minimum Gasteiger partial charge on any atom is -0.310 e. The van der Waals surface area contributed by atoms with Gasteiger partial charge in [-0.05, 0) is 31.2 Å². The molecule has 0 aromatic carbocycles. The lowest BCUT2D eigenvalue weighted by Gasteiger charge is -2.36. The van der Waals surface area contributed by atoms with E-state index >= 15 is 0 Å². The topological polar surface area (TPSA) is 37.8 Å². The van der Waals surface area contributed by atoms with Gasteiger partial charge in [-0.1, -0.05) is 34.6 Å². The molecule has 1 heterocycles. The normalized spacial score (nSPS) is 21.5. The Morgan fingerprint density at radius 1 is 1.42 bits per heavy atom. The molecule has 0 saturated heterocycles. The van der Waals surface area contributed by atoms with E-state index in [-0.39, 0.29) is 0 Å². The molecule has 1 N–H and O–H groups in total. The average Bonchev–Trinajstić information content (AvgIpc) is 2.33. The van der Waals surface area contributed by atoms with Gasteiger partial charge in [0.05, 0.1) is 0 Å². The summed E-state index contributed by atoms with van der Waals surface area (Å²) in [4.78, 5) is 9.36. The van der Waals surface area contributed by atoms with Crippen molar-refractivity contribution in [1.82, 2.24) is 15.3 Å². The van der Waals surface area contributed by atoms with E-state index in [0.29, 0.717) is 17.4 Å². The fraction of sp³-hybridized carbons (Fsp3) is 0.750. The quantitative estimate of drug-likeness (QED) is 0.899. The molecule has 0 radical (unpaired) electrons. The zero-order chi connectivity index (χ0) is 14.0. The first-order chi connectivity index (χ1) is 8.93. The van der Waals surface area contributed by atoms with Crippen LogP contribution >= 0.6 is 0 Å². The molecule has 3 nitrogen and oxygen atoms in total. The van der Waals surface area contributed by atoms with Gasteiger partial charge in [-0.15, -0.1) is 0 Å². The summed E-state index contributed by atoms with van der Waals surface area (Å²) >= 11 is 0. The van der Waals surface area contributed by atoms with Crippen LogP contribution in [0.1, 0.15) is 76.5 Å². The fourth-order valence-corrected chi connectivity index (χ4v) is 2.84. The lowest BCUT2D eigenvalue weighted by molar-refractivity contribution is 0.253. The molecule has 0 aliphatic heterocycles. The summed E-state index contributed by atoms with van der Waals surface area (Å²) in [5.41, 5.74) is 2.89. The van der Waals surface area contributed by atoms with Gasteiger partial charge >= 0.3 is 0 Å². The van der Waals surface area contributed by atoms with Crippen LogP contribution in [0.4, 0.5) is 0 Å². The van der Waals surface area contributed by atoms with E-state index < -0.39 is 0 Å². The molecular formula is C16H27N3. The van der Waals surface area contributed by atoms with Crippen LogP contribution in [0.25, 0.3) is 0 Å². The van der Waals surface area contributed by atoms with Crippen molar-refractivity contribution in [2.75, 3.05) is 6.54 Å². The molecule has 0 spiro atoms. The van der Waals surface area contributed by atoms with Gasteiger partial charge in [0.25, 0.3) is 0 Å². The molecule has 1 aliphatic carbocycles. The number of fused-ring (bicyclic) bond motifs is 1. The Kier molecular flexibility index (Phi) is 4.24. The van der Waals surface area contributed by atoms with Crippen LogP contribution in [0, 0.1) is 5.41 Å². The molecule has 0 amide bonds. The molecule has 1 aliphatic rings. The van der Waals surface area contributed by atoms with Crippen molar-refractivity contribution < 1.29 is 0 Å². The minimum absolute atomic E-state index is 0.320. The Morgan fingerprint density at radius 3 is 2.79 bits per heavy atom. The van der Waals surface area contributed by atoms with Crippen LogP contribution in [0.2, 0.25) is 0 Å². The largest absolute Gasteiger partial charge is 0.310 e. The van der Waals surface area contributed by atoms with Crippen LogP contribution in [-0.2, 0) is 6.42 Å². The van der Waals surface area contributed by atoms with Crippen molar-refractivity contribution in [3.05, 3.63) is 23.3 Å². The van der Waals surface area contributed by atoms with Gasteiger partial charge in [0.1, 0.15) is 5.82 Å². The SMILES string of the molecule is CCCNC1CC(C)(C)Cc2nc(C(C)C)ncc21. The van der Waals surface area contributed by atoms with Gasteiger partial charge in [0.15, 0.2) is 0 Å². The lowest BCUT2D eigenvalue weighted by Crippen LogP contribution is -2.34. The third kappa shape index (κ3) is 3.33. The van der Waals surface area contributed by atoms with E-state index in [0.717, 1.165) is 25.2 Å². The maximum absolute atomic E-state index is 4.82. The van der Waals surface area contributed by atoms with E-state index in [1.807, 2.05) is 0 Å². The number of rotatable bonds is 4. The van der Waals surface area contributed by atoms with Crippen LogP contribution in [0.15, 0.2) is 6.20 Å². The Bertz CT molecular complexity index is 438. The van der Waals surface area contributed by atoms with Crippen LogP contribution < -0.4 is 5.32 Å². The van der Waals surface area contributed by atoms with E-state index in [1.165, 1.54) is 17.7 Å². The molecule has 1 unspecified atom stereocenters. The van der Waals surface area contributed by atoms with Gasteiger partial charge in [0.2, 0.25) is 0 Å². The molecule has 0 saturated carbocycles. The molecule has 1 aromatic rings. The molecule has 1 aromatic heterocycles. The average molecular weight is 261 g/mol. The Labute approximate surface area is 117 Å². The number of nitrogens with zero attached hydrogens (tertiary/aromatic N) is 2. The van der Waals surface area contributed by atoms with E-state index in [9.17, 15) is 0 Å². The summed E-state index contributed by atoms with van der Waals surface area (Å²) in [6.07, 6.45) is 5.46. The van der Waals surface area contributed by atoms with E-state index in [1.54, 1.807) is 0 Å². The summed E-state index contributed by atoms with van der Waals surface area (Å²) in [5, 5.41) is 3.65. The Balaban J connectivity index is 2.32. The first kappa shape index (κ1) is 14.4. The van der Waals surface area contributed by atoms with E-state index in [2.05, 4.69) is 51.1 Å². The summed E-state index contributed by atoms with van der Waals surface area (Å²) in [6.45, 7) is 12.3. The second-order valence-electron chi connectivity index (χ2n) is 6.84. The van der Waals surface area contributed by atoms with Crippen molar-refractivity contribution >= 4 is 0 Å². The number of hydrogen-bond acceptors (Lipinski definition) is 3. The molecule has 3 heteroatoms. The minimum atomic E-state index is 0.320. The molecule has 0 fully saturated rings. The predicted molar refractivity (Wildman–Crippen MR) is 79.3 cm³/mol. The maximum Gasteiger partial charge on any atom is 0.131 e. The Morgan fingerprint density at radius 2 is 2.16 bits per heavy atom. The van der Waals surface area contributed by atoms with Gasteiger partial charge in [0, 0.05) is 29.4 Å². The van der Waals surface area contributed by atoms with Crippen molar-refractivity contribution in [1.29, 1.82) is 0 Å². The van der Waals surface area contributed by atoms with Crippen molar-refractivity contribution in [3.8, 4) is 0 Å². The summed E-state index contributed by atoms with van der Waals surface area (Å²) in [6, 6.07) is 0.417. The van der Waals surface area contributed by atoms with Crippen LogP contribution in [0.5, 0.6) is 0 Å². The second-order valence-corrected chi connectivity index (χ2v) is 6.84. The van der Waals surface area contributed by atoms with Gasteiger partial charge in [-0.25, -0.2) is 9.97 Å². The molecule has 19 heavy (non-hydrogen) atoms. The zero-order valence-electron chi connectivity index (χ0n) is 13.0.